The second-order valence-electron chi connectivity index (χ2n) is 4.93. The van der Waals surface area contributed by atoms with Gasteiger partial charge in [-0.2, -0.15) is 0 Å². The maximum Gasteiger partial charge on any atom is 0.199 e. The summed E-state index contributed by atoms with van der Waals surface area (Å²) < 4.78 is 5.28. The van der Waals surface area contributed by atoms with Gasteiger partial charge in [0, 0.05) is 24.1 Å². The molecule has 0 bridgehead atoms. The van der Waals surface area contributed by atoms with Gasteiger partial charge < -0.3 is 24.8 Å². The number of fused-ring (bicyclic) bond motifs is 1. The number of hydrogen-bond acceptors (Lipinski definition) is 6. The summed E-state index contributed by atoms with van der Waals surface area (Å²) >= 11 is 0. The molecule has 1 aromatic heterocycles. The van der Waals surface area contributed by atoms with Crippen LogP contribution < -0.4 is 5.43 Å². The Hall–Kier alpha value is -3.15. The topological polar surface area (TPSA) is 111 Å². The molecule has 6 heteroatoms. The number of phenols is 4. The van der Waals surface area contributed by atoms with Crippen LogP contribution in [0, 0.1) is 0 Å². The Morgan fingerprint density at radius 2 is 1.68 bits per heavy atom. The Kier molecular flexibility index (Phi) is 3.14. The Morgan fingerprint density at radius 1 is 0.909 bits per heavy atom. The van der Waals surface area contributed by atoms with Crippen LogP contribution in [0.1, 0.15) is 11.1 Å². The smallest absolute Gasteiger partial charge is 0.199 e. The van der Waals surface area contributed by atoms with Gasteiger partial charge in [-0.1, -0.05) is 6.07 Å². The molecule has 0 saturated carbocycles. The van der Waals surface area contributed by atoms with E-state index in [1.54, 1.807) is 6.07 Å². The van der Waals surface area contributed by atoms with Crippen molar-refractivity contribution in [3.8, 4) is 23.0 Å². The maximum absolute atomic E-state index is 12.4. The average molecular weight is 300 g/mol. The molecule has 1 heterocycles. The number of hydrogen-bond donors (Lipinski definition) is 4. The fourth-order valence-electron chi connectivity index (χ4n) is 2.28. The van der Waals surface area contributed by atoms with Crippen molar-refractivity contribution in [3.63, 3.8) is 0 Å². The third-order valence-electron chi connectivity index (χ3n) is 3.35. The first-order valence-electron chi connectivity index (χ1n) is 6.43. The minimum atomic E-state index is -0.425. The molecule has 0 radical (unpaired) electrons. The van der Waals surface area contributed by atoms with Crippen molar-refractivity contribution in [1.82, 2.24) is 0 Å². The number of benzene rings is 2. The molecule has 0 spiro atoms. The van der Waals surface area contributed by atoms with Gasteiger partial charge in [0.25, 0.3) is 0 Å². The summed E-state index contributed by atoms with van der Waals surface area (Å²) in [5, 5.41) is 37.9. The minimum Gasteiger partial charge on any atom is -0.508 e. The van der Waals surface area contributed by atoms with E-state index >= 15 is 0 Å². The number of rotatable bonds is 2. The summed E-state index contributed by atoms with van der Waals surface area (Å²) in [4.78, 5) is 12.4. The van der Waals surface area contributed by atoms with Crippen LogP contribution in [-0.4, -0.2) is 20.4 Å². The van der Waals surface area contributed by atoms with Crippen LogP contribution in [-0.2, 0) is 6.42 Å². The van der Waals surface area contributed by atoms with Crippen LogP contribution >= 0.6 is 0 Å². The molecule has 3 aromatic rings. The Labute approximate surface area is 124 Å². The first-order valence-corrected chi connectivity index (χ1v) is 6.43. The molecule has 0 aliphatic heterocycles. The van der Waals surface area contributed by atoms with Crippen molar-refractivity contribution < 1.29 is 24.8 Å². The van der Waals surface area contributed by atoms with E-state index in [1.165, 1.54) is 24.5 Å². The Morgan fingerprint density at radius 3 is 2.41 bits per heavy atom. The van der Waals surface area contributed by atoms with E-state index in [9.17, 15) is 25.2 Å². The molecule has 4 N–H and O–H groups in total. The van der Waals surface area contributed by atoms with Crippen molar-refractivity contribution in [3.05, 3.63) is 57.9 Å². The van der Waals surface area contributed by atoms with Crippen molar-refractivity contribution in [2.24, 2.45) is 0 Å². The van der Waals surface area contributed by atoms with E-state index < -0.39 is 5.43 Å². The highest BCUT2D eigenvalue weighted by atomic mass is 16.3. The summed E-state index contributed by atoms with van der Waals surface area (Å²) in [6.07, 6.45) is 1.40. The Balaban J connectivity index is 2.10. The van der Waals surface area contributed by atoms with Crippen molar-refractivity contribution in [2.75, 3.05) is 0 Å². The van der Waals surface area contributed by atoms with Crippen molar-refractivity contribution in [2.45, 2.75) is 6.42 Å². The molecular formula is C16H12O6. The summed E-state index contributed by atoms with van der Waals surface area (Å²) in [6, 6.07) is 6.54. The standard InChI is InChI=1S/C16H12O6/c17-10-5-13(20)15-14(6-10)22-7-9(16(15)21)3-8-1-2-11(18)12(19)4-8/h1-2,4-7,17-20H,3H2. The molecular weight excluding hydrogens is 288 g/mol. The van der Waals surface area contributed by atoms with Crippen LogP contribution in [0.25, 0.3) is 11.0 Å². The number of aromatic hydroxyl groups is 4. The van der Waals surface area contributed by atoms with Gasteiger partial charge in [0.15, 0.2) is 16.9 Å². The van der Waals surface area contributed by atoms with Crippen LogP contribution in [0.15, 0.2) is 45.8 Å². The lowest BCUT2D eigenvalue weighted by Gasteiger charge is -2.06. The van der Waals surface area contributed by atoms with Gasteiger partial charge in [-0.25, -0.2) is 0 Å². The molecule has 6 nitrogen and oxygen atoms in total. The Bertz CT molecular complexity index is 926. The SMILES string of the molecule is O=c1c(Cc2ccc(O)c(O)c2)coc2cc(O)cc(O)c12. The normalized spacial score (nSPS) is 10.9. The van der Waals surface area contributed by atoms with E-state index in [0.29, 0.717) is 5.56 Å². The summed E-state index contributed by atoms with van der Waals surface area (Å²) in [7, 11) is 0. The van der Waals surface area contributed by atoms with E-state index in [-0.39, 0.29) is 46.0 Å². The van der Waals surface area contributed by atoms with Crippen LogP contribution in [0.2, 0.25) is 0 Å². The van der Waals surface area contributed by atoms with E-state index in [4.69, 9.17) is 4.42 Å². The third-order valence-corrected chi connectivity index (χ3v) is 3.35. The van der Waals surface area contributed by atoms with Gasteiger partial charge in [0.05, 0.1) is 6.26 Å². The quantitative estimate of drug-likeness (QED) is 0.540. The lowest BCUT2D eigenvalue weighted by molar-refractivity contribution is 0.403. The highest BCUT2D eigenvalue weighted by Crippen LogP contribution is 2.29. The monoisotopic (exact) mass is 300 g/mol. The molecule has 22 heavy (non-hydrogen) atoms. The van der Waals surface area contributed by atoms with Gasteiger partial charge in [0.1, 0.15) is 22.5 Å². The predicted molar refractivity (Wildman–Crippen MR) is 78.4 cm³/mol. The zero-order valence-corrected chi connectivity index (χ0v) is 11.3. The fraction of sp³-hybridized carbons (Fsp3) is 0.0625. The molecule has 2 aromatic carbocycles. The molecule has 0 atom stereocenters. The zero-order chi connectivity index (χ0) is 15.9. The molecule has 0 aliphatic rings. The highest BCUT2D eigenvalue weighted by molar-refractivity contribution is 5.85. The number of phenolic OH excluding ortho intramolecular Hbond substituents is 4. The van der Waals surface area contributed by atoms with E-state index in [2.05, 4.69) is 0 Å². The zero-order valence-electron chi connectivity index (χ0n) is 11.3. The second-order valence-corrected chi connectivity index (χ2v) is 4.93. The summed E-state index contributed by atoms with van der Waals surface area (Å²) in [5.41, 5.74) is 0.532. The maximum atomic E-state index is 12.4. The molecule has 3 rings (SSSR count). The first-order chi connectivity index (χ1) is 10.5. The van der Waals surface area contributed by atoms with Gasteiger partial charge in [-0.15, -0.1) is 0 Å². The van der Waals surface area contributed by atoms with Crippen molar-refractivity contribution in [1.29, 1.82) is 0 Å². The van der Waals surface area contributed by atoms with Crippen LogP contribution in [0.4, 0.5) is 0 Å². The lowest BCUT2D eigenvalue weighted by Crippen LogP contribution is -2.09. The third kappa shape index (κ3) is 2.31. The summed E-state index contributed by atoms with van der Waals surface area (Å²) in [5.74, 6) is -1.10. The van der Waals surface area contributed by atoms with Crippen LogP contribution in [0.3, 0.4) is 0 Å². The van der Waals surface area contributed by atoms with E-state index in [1.807, 2.05) is 0 Å². The minimum absolute atomic E-state index is 0.0155. The molecule has 112 valence electrons. The average Bonchev–Trinajstić information content (AvgIpc) is 2.45. The van der Waals surface area contributed by atoms with Gasteiger partial charge >= 0.3 is 0 Å². The predicted octanol–water partition coefficient (Wildman–Crippen LogP) is 2.21. The lowest BCUT2D eigenvalue weighted by atomic mass is 10.0. The van der Waals surface area contributed by atoms with Crippen molar-refractivity contribution >= 4 is 11.0 Å². The molecule has 0 fully saturated rings. The molecule has 0 saturated heterocycles. The molecule has 0 amide bonds. The van der Waals surface area contributed by atoms with Gasteiger partial charge in [0.2, 0.25) is 0 Å². The van der Waals surface area contributed by atoms with Gasteiger partial charge in [-0.05, 0) is 17.7 Å². The van der Waals surface area contributed by atoms with Crippen LogP contribution in [0.5, 0.6) is 23.0 Å². The highest BCUT2D eigenvalue weighted by Gasteiger charge is 2.13. The van der Waals surface area contributed by atoms with E-state index in [0.717, 1.165) is 6.07 Å². The first kappa shape index (κ1) is 13.8. The fourth-order valence-corrected chi connectivity index (χ4v) is 2.28. The summed E-state index contributed by atoms with van der Waals surface area (Å²) in [6.45, 7) is 0. The molecule has 0 aliphatic carbocycles. The molecule has 0 unspecified atom stereocenters. The second kappa shape index (κ2) is 5.00. The van der Waals surface area contributed by atoms with Gasteiger partial charge in [-0.3, -0.25) is 4.79 Å². The largest absolute Gasteiger partial charge is 0.508 e.